The van der Waals surface area contributed by atoms with Crippen LogP contribution in [0.4, 0.5) is 11.6 Å². The summed E-state index contributed by atoms with van der Waals surface area (Å²) in [6.07, 6.45) is -6.96. The molecule has 0 bridgehead atoms. The largest absolute Gasteiger partial charge is 0.387 e. The smallest absolute Gasteiger partial charge is 0.347 e. The van der Waals surface area contributed by atoms with E-state index in [9.17, 15) is 44.2 Å². The number of anilines is 2. The van der Waals surface area contributed by atoms with Gasteiger partial charge in [0.2, 0.25) is 0 Å². The number of rotatable bonds is 12. The monoisotopic (exact) mass is 770 g/mol. The van der Waals surface area contributed by atoms with Crippen LogP contribution < -0.4 is 11.5 Å². The van der Waals surface area contributed by atoms with Gasteiger partial charge in [0.25, 0.3) is 0 Å². The summed E-state index contributed by atoms with van der Waals surface area (Å²) in [4.78, 5) is 54.8. The van der Waals surface area contributed by atoms with E-state index in [0.717, 1.165) is 12.7 Å². The van der Waals surface area contributed by atoms with Crippen molar-refractivity contribution in [1.82, 2.24) is 39.0 Å². The summed E-state index contributed by atoms with van der Waals surface area (Å²) in [6, 6.07) is 0. The molecule has 6 rings (SSSR count). The summed E-state index contributed by atoms with van der Waals surface area (Å²) < 4.78 is 53.8. The van der Waals surface area contributed by atoms with Gasteiger partial charge in [-0.2, -0.15) is 0 Å². The SMILES string of the molecule is Nc1ncnc2c1ncn2[C@@H]1O[C@@H](COP(=O)(O)CP(=O)(O)OP(O)(=S)OC[C@@H]2O[C@@H](n3cnc4c(N)ncnc43)[C@H](O)[C@H]2O)[C@H](O)[C@H]1O. The molecule has 2 saturated heterocycles. The van der Waals surface area contributed by atoms with Crippen molar-refractivity contribution >= 4 is 67.7 Å². The standard InChI is InChI=1S/C21H29N10O14P3S/c22-16-10-18(26-3-24-16)30(5-28-10)20-14(34)12(32)8(43-20)1-41-46(36,37)7-47(38,39)45-48(40,49)42-2-9-13(33)15(35)21(44-9)31-6-29-11-17(23)25-4-27-19(11)31/h3-6,8-9,12-15,20-21,32-35H,1-2,7H2,(H,36,37)(H,38,39)(H,40,49)(H2,22,24,26)(H2,23,25,27)/t8-,9-,12-,13-,14+,15+,20+,21+,48?/m0/s1. The molecule has 0 spiro atoms. The van der Waals surface area contributed by atoms with E-state index in [1.165, 1.54) is 21.8 Å². The average molecular weight is 771 g/mol. The van der Waals surface area contributed by atoms with Crippen LogP contribution in [-0.4, -0.2) is 130 Å². The van der Waals surface area contributed by atoms with Gasteiger partial charge in [-0.25, -0.2) is 34.2 Å². The van der Waals surface area contributed by atoms with Crippen molar-refractivity contribution in [2.75, 3.05) is 30.6 Å². The van der Waals surface area contributed by atoms with E-state index in [4.69, 9.17) is 41.8 Å². The molecule has 3 unspecified atom stereocenters. The summed E-state index contributed by atoms with van der Waals surface area (Å²) >= 11 is 4.77. The van der Waals surface area contributed by atoms with E-state index in [-0.39, 0.29) is 34.0 Å². The van der Waals surface area contributed by atoms with Gasteiger partial charge in [-0.1, -0.05) is 0 Å². The highest BCUT2D eigenvalue weighted by molar-refractivity contribution is 8.08. The Kier molecular flexibility index (Phi) is 9.93. The fourth-order valence-electron chi connectivity index (χ4n) is 5.14. The number of hydrogen-bond donors (Lipinski definition) is 9. The molecule has 4 aromatic heterocycles. The van der Waals surface area contributed by atoms with E-state index < -0.39 is 90.1 Å². The highest BCUT2D eigenvalue weighted by Crippen LogP contribution is 2.66. The minimum atomic E-state index is -5.23. The number of nitrogen functional groups attached to an aromatic ring is 2. The van der Waals surface area contributed by atoms with Gasteiger partial charge in [0.1, 0.15) is 60.3 Å². The molecule has 28 heteroatoms. The van der Waals surface area contributed by atoms with Crippen LogP contribution in [0.5, 0.6) is 0 Å². The highest BCUT2D eigenvalue weighted by atomic mass is 32.5. The first kappa shape index (κ1) is 36.1. The Bertz CT molecular complexity index is 1870. The molecule has 0 amide bonds. The minimum Gasteiger partial charge on any atom is -0.387 e. The molecule has 268 valence electrons. The van der Waals surface area contributed by atoms with Crippen LogP contribution in [-0.2, 0) is 43.8 Å². The maximum Gasteiger partial charge on any atom is 0.347 e. The Labute approximate surface area is 278 Å². The van der Waals surface area contributed by atoms with Crippen LogP contribution in [0.1, 0.15) is 12.5 Å². The van der Waals surface area contributed by atoms with Crippen LogP contribution in [0, 0.1) is 0 Å². The van der Waals surface area contributed by atoms with E-state index in [1.807, 2.05) is 0 Å². The fraction of sp³-hybridized carbons (Fsp3) is 0.524. The quantitative estimate of drug-likeness (QED) is 0.0682. The second kappa shape index (κ2) is 13.5. The van der Waals surface area contributed by atoms with Gasteiger partial charge in [-0.05, 0) is 11.8 Å². The van der Waals surface area contributed by atoms with Crippen molar-refractivity contribution in [3.63, 3.8) is 0 Å². The second-order valence-electron chi connectivity index (χ2n) is 10.8. The van der Waals surface area contributed by atoms with Crippen molar-refractivity contribution in [3.8, 4) is 0 Å². The number of imidazole rings is 2. The van der Waals surface area contributed by atoms with Crippen LogP contribution >= 0.6 is 21.9 Å². The molecule has 49 heavy (non-hydrogen) atoms. The summed E-state index contributed by atoms with van der Waals surface area (Å²) in [5, 5.41) is 42.1. The van der Waals surface area contributed by atoms with Gasteiger partial charge < -0.3 is 65.1 Å². The Morgan fingerprint density at radius 3 is 1.63 bits per heavy atom. The highest BCUT2D eigenvalue weighted by Gasteiger charge is 2.48. The first-order valence-corrected chi connectivity index (χ1v) is 19.9. The van der Waals surface area contributed by atoms with Crippen molar-refractivity contribution < 1.29 is 67.1 Å². The number of aromatic nitrogens is 8. The summed E-state index contributed by atoms with van der Waals surface area (Å²) in [7, 11) is -10.3. The van der Waals surface area contributed by atoms with Crippen LogP contribution in [0.25, 0.3) is 22.3 Å². The normalized spacial score (nSPS) is 31.2. The van der Waals surface area contributed by atoms with Crippen molar-refractivity contribution in [2.45, 2.75) is 49.1 Å². The minimum absolute atomic E-state index is 0.0471. The van der Waals surface area contributed by atoms with Crippen molar-refractivity contribution in [3.05, 3.63) is 25.3 Å². The van der Waals surface area contributed by atoms with E-state index in [2.05, 4.69) is 34.2 Å². The molecule has 2 aliphatic heterocycles. The van der Waals surface area contributed by atoms with Crippen molar-refractivity contribution in [1.29, 1.82) is 0 Å². The molecule has 4 aromatic rings. The molecular formula is C21H29N10O14P3S. The molecule has 0 saturated carbocycles. The molecule has 6 heterocycles. The second-order valence-corrected chi connectivity index (χ2v) is 18.0. The maximum atomic E-state index is 12.7. The number of fused-ring (bicyclic) bond motifs is 2. The number of nitrogens with zero attached hydrogens (tertiary/aromatic N) is 8. The molecule has 11 N–H and O–H groups in total. The summed E-state index contributed by atoms with van der Waals surface area (Å²) in [5.41, 5.74) is 12.3. The zero-order chi connectivity index (χ0) is 35.5. The van der Waals surface area contributed by atoms with Gasteiger partial charge in [0.05, 0.1) is 25.9 Å². The zero-order valence-corrected chi connectivity index (χ0v) is 28.0. The molecule has 11 atom stereocenters. The topological polar surface area (TPSA) is 361 Å². The first-order valence-electron chi connectivity index (χ1n) is 13.8. The number of aliphatic hydroxyl groups excluding tert-OH is 4. The van der Waals surface area contributed by atoms with Gasteiger partial charge in [-0.3, -0.25) is 18.3 Å². The Morgan fingerprint density at radius 1 is 0.714 bits per heavy atom. The fourth-order valence-corrected chi connectivity index (χ4v) is 11.3. The first-order chi connectivity index (χ1) is 23.0. The molecule has 2 fully saturated rings. The lowest BCUT2D eigenvalue weighted by Gasteiger charge is -2.23. The zero-order valence-electron chi connectivity index (χ0n) is 24.5. The van der Waals surface area contributed by atoms with Crippen LogP contribution in [0.2, 0.25) is 0 Å². The van der Waals surface area contributed by atoms with Gasteiger partial charge in [-0.15, -0.1) is 0 Å². The third-order valence-electron chi connectivity index (χ3n) is 7.43. The number of hydrogen-bond acceptors (Lipinski definition) is 20. The molecular weight excluding hydrogens is 741 g/mol. The van der Waals surface area contributed by atoms with E-state index >= 15 is 0 Å². The Morgan fingerprint density at radius 2 is 1.16 bits per heavy atom. The molecule has 0 radical (unpaired) electrons. The van der Waals surface area contributed by atoms with Gasteiger partial charge in [0, 0.05) is 0 Å². The summed E-state index contributed by atoms with van der Waals surface area (Å²) in [5.74, 6) is -1.48. The summed E-state index contributed by atoms with van der Waals surface area (Å²) in [6.45, 7) is -6.27. The lowest BCUT2D eigenvalue weighted by Crippen LogP contribution is -2.33. The van der Waals surface area contributed by atoms with Crippen LogP contribution in [0.15, 0.2) is 25.3 Å². The number of nitrogens with two attached hydrogens (primary N) is 2. The third-order valence-corrected chi connectivity index (χ3v) is 14.1. The van der Waals surface area contributed by atoms with Gasteiger partial charge >= 0.3 is 21.9 Å². The Hall–Kier alpha value is -2.67. The molecule has 24 nitrogen and oxygen atoms in total. The predicted octanol–water partition coefficient (Wildman–Crippen LogP) is -2.34. The lowest BCUT2D eigenvalue weighted by atomic mass is 10.1. The number of ether oxygens (including phenoxy) is 2. The Balaban J connectivity index is 1.03. The predicted molar refractivity (Wildman–Crippen MR) is 165 cm³/mol. The average Bonchev–Trinajstić information content (AvgIpc) is 3.77. The van der Waals surface area contributed by atoms with Crippen molar-refractivity contribution in [2.24, 2.45) is 0 Å². The maximum absolute atomic E-state index is 12.7. The van der Waals surface area contributed by atoms with Gasteiger partial charge in [0.15, 0.2) is 41.3 Å². The molecule has 0 aromatic carbocycles. The van der Waals surface area contributed by atoms with E-state index in [0.29, 0.717) is 0 Å². The van der Waals surface area contributed by atoms with Crippen LogP contribution in [0.3, 0.4) is 0 Å². The van der Waals surface area contributed by atoms with E-state index in [1.54, 1.807) is 0 Å². The lowest BCUT2D eigenvalue weighted by molar-refractivity contribution is -0.0486. The molecule has 2 aliphatic rings. The third kappa shape index (κ3) is 7.39. The number of aliphatic hydroxyl groups is 4. The molecule has 0 aliphatic carbocycles.